The second-order valence-electron chi connectivity index (χ2n) is 4.13. The smallest absolute Gasteiger partial charge is 0.219 e. The Bertz CT molecular complexity index is 503. The predicted molar refractivity (Wildman–Crippen MR) is 71.1 cm³/mol. The van der Waals surface area contributed by atoms with Gasteiger partial charge in [0.2, 0.25) is 5.91 Å². The number of rotatable bonds is 1. The van der Waals surface area contributed by atoms with E-state index in [4.69, 9.17) is 5.26 Å². The number of halogens is 1. The topological polar surface area (TPSA) is 60.2 Å². The van der Waals surface area contributed by atoms with Crippen molar-refractivity contribution in [2.24, 2.45) is 0 Å². The highest BCUT2D eigenvalue weighted by Gasteiger charge is 2.21. The summed E-state index contributed by atoms with van der Waals surface area (Å²) in [6.07, 6.45) is 1.69. The number of anilines is 1. The first-order chi connectivity index (χ1) is 8.61. The molecule has 1 aliphatic heterocycles. The summed E-state index contributed by atoms with van der Waals surface area (Å²) in [7, 11) is 0. The maximum Gasteiger partial charge on any atom is 0.219 e. The van der Waals surface area contributed by atoms with Gasteiger partial charge in [-0.25, -0.2) is 4.98 Å². The fourth-order valence-corrected chi connectivity index (χ4v) is 2.33. The average molecular weight is 309 g/mol. The molecule has 18 heavy (non-hydrogen) atoms. The van der Waals surface area contributed by atoms with Crippen LogP contribution in [0.3, 0.4) is 0 Å². The number of nitrogens with zero attached hydrogens (tertiary/aromatic N) is 4. The van der Waals surface area contributed by atoms with Crippen molar-refractivity contribution in [2.45, 2.75) is 6.92 Å². The van der Waals surface area contributed by atoms with E-state index in [1.807, 2.05) is 4.90 Å². The molecule has 1 fully saturated rings. The number of hydrogen-bond acceptors (Lipinski definition) is 4. The molecule has 2 heterocycles. The van der Waals surface area contributed by atoms with Crippen LogP contribution in [0.5, 0.6) is 0 Å². The molecule has 1 saturated heterocycles. The Morgan fingerprint density at radius 2 is 2.11 bits per heavy atom. The molecule has 2 rings (SSSR count). The van der Waals surface area contributed by atoms with Crippen LogP contribution in [0.15, 0.2) is 16.7 Å². The van der Waals surface area contributed by atoms with Gasteiger partial charge in [0.15, 0.2) is 0 Å². The standard InChI is InChI=1S/C12H13BrN4O/c1-9(18)16-2-4-17(5-3-16)12-10(7-14)6-11(13)8-15-12/h6,8H,2-5H2,1H3. The molecule has 1 aromatic heterocycles. The van der Waals surface area contributed by atoms with Gasteiger partial charge >= 0.3 is 0 Å². The van der Waals surface area contributed by atoms with Crippen molar-refractivity contribution in [3.05, 3.63) is 22.3 Å². The minimum atomic E-state index is 0.0962. The third-order valence-corrected chi connectivity index (χ3v) is 3.41. The quantitative estimate of drug-likeness (QED) is 0.786. The van der Waals surface area contributed by atoms with Crippen molar-refractivity contribution in [3.63, 3.8) is 0 Å². The van der Waals surface area contributed by atoms with Crippen molar-refractivity contribution in [1.82, 2.24) is 9.88 Å². The normalized spacial score (nSPS) is 15.4. The van der Waals surface area contributed by atoms with E-state index >= 15 is 0 Å². The van der Waals surface area contributed by atoms with E-state index in [-0.39, 0.29) is 5.91 Å². The van der Waals surface area contributed by atoms with Crippen LogP contribution < -0.4 is 4.90 Å². The van der Waals surface area contributed by atoms with E-state index < -0.39 is 0 Å². The number of amides is 1. The van der Waals surface area contributed by atoms with Gasteiger partial charge in [0.1, 0.15) is 11.9 Å². The molecule has 1 aliphatic rings. The van der Waals surface area contributed by atoms with E-state index in [0.717, 1.165) is 4.47 Å². The third-order valence-electron chi connectivity index (χ3n) is 2.98. The van der Waals surface area contributed by atoms with E-state index in [1.165, 1.54) is 0 Å². The molecule has 0 bridgehead atoms. The van der Waals surface area contributed by atoms with E-state index in [0.29, 0.717) is 37.6 Å². The Morgan fingerprint density at radius 1 is 1.44 bits per heavy atom. The predicted octanol–water partition coefficient (Wildman–Crippen LogP) is 1.38. The number of carbonyl (C=O) groups excluding carboxylic acids is 1. The van der Waals surface area contributed by atoms with Crippen molar-refractivity contribution < 1.29 is 4.79 Å². The van der Waals surface area contributed by atoms with Gasteiger partial charge in [-0.15, -0.1) is 0 Å². The van der Waals surface area contributed by atoms with Crippen LogP contribution in [-0.4, -0.2) is 42.0 Å². The Hall–Kier alpha value is -1.61. The maximum absolute atomic E-state index is 11.2. The van der Waals surface area contributed by atoms with E-state index in [2.05, 4.69) is 27.0 Å². The Morgan fingerprint density at radius 3 is 2.67 bits per heavy atom. The molecule has 0 N–H and O–H groups in total. The highest BCUT2D eigenvalue weighted by molar-refractivity contribution is 9.10. The lowest BCUT2D eigenvalue weighted by molar-refractivity contribution is -0.129. The van der Waals surface area contributed by atoms with Crippen LogP contribution in [0.4, 0.5) is 5.82 Å². The SMILES string of the molecule is CC(=O)N1CCN(c2ncc(Br)cc2C#N)CC1. The summed E-state index contributed by atoms with van der Waals surface area (Å²) < 4.78 is 0.796. The van der Waals surface area contributed by atoms with Crippen LogP contribution in [0.2, 0.25) is 0 Å². The number of hydrogen-bond donors (Lipinski definition) is 0. The number of piperazine rings is 1. The highest BCUT2D eigenvalue weighted by atomic mass is 79.9. The van der Waals surface area contributed by atoms with Gasteiger partial charge in [0.25, 0.3) is 0 Å². The molecular weight excluding hydrogens is 296 g/mol. The Balaban J connectivity index is 2.15. The van der Waals surface area contributed by atoms with Crippen LogP contribution in [0.25, 0.3) is 0 Å². The van der Waals surface area contributed by atoms with Gasteiger partial charge in [-0.1, -0.05) is 0 Å². The summed E-state index contributed by atoms with van der Waals surface area (Å²) in [5.74, 6) is 0.794. The first kappa shape index (κ1) is 12.8. The minimum Gasteiger partial charge on any atom is -0.352 e. The van der Waals surface area contributed by atoms with Crippen molar-refractivity contribution in [3.8, 4) is 6.07 Å². The molecular formula is C12H13BrN4O. The lowest BCUT2D eigenvalue weighted by atomic mass is 10.2. The van der Waals surface area contributed by atoms with E-state index in [9.17, 15) is 4.79 Å². The van der Waals surface area contributed by atoms with Gasteiger partial charge in [0, 0.05) is 43.8 Å². The molecule has 0 spiro atoms. The first-order valence-electron chi connectivity index (χ1n) is 5.68. The van der Waals surface area contributed by atoms with Crippen LogP contribution in [-0.2, 0) is 4.79 Å². The summed E-state index contributed by atoms with van der Waals surface area (Å²) in [5.41, 5.74) is 0.556. The fraction of sp³-hybridized carbons (Fsp3) is 0.417. The first-order valence-corrected chi connectivity index (χ1v) is 6.47. The lowest BCUT2D eigenvalue weighted by Crippen LogP contribution is -2.48. The van der Waals surface area contributed by atoms with Crippen molar-refractivity contribution >= 4 is 27.7 Å². The maximum atomic E-state index is 11.2. The Labute approximate surface area is 114 Å². The second-order valence-corrected chi connectivity index (χ2v) is 5.05. The van der Waals surface area contributed by atoms with Crippen LogP contribution in [0.1, 0.15) is 12.5 Å². The molecule has 0 atom stereocenters. The molecule has 0 unspecified atom stereocenters. The van der Waals surface area contributed by atoms with Crippen LogP contribution >= 0.6 is 15.9 Å². The van der Waals surface area contributed by atoms with Gasteiger partial charge in [0.05, 0.1) is 5.56 Å². The second kappa shape index (κ2) is 5.36. The molecule has 1 amide bonds. The monoisotopic (exact) mass is 308 g/mol. The van der Waals surface area contributed by atoms with E-state index in [1.54, 1.807) is 24.1 Å². The summed E-state index contributed by atoms with van der Waals surface area (Å²) in [6, 6.07) is 3.92. The minimum absolute atomic E-state index is 0.0962. The summed E-state index contributed by atoms with van der Waals surface area (Å²) >= 11 is 3.30. The number of nitriles is 1. The number of carbonyl (C=O) groups is 1. The van der Waals surface area contributed by atoms with Gasteiger partial charge < -0.3 is 9.80 Å². The molecule has 0 aromatic carbocycles. The molecule has 0 aliphatic carbocycles. The van der Waals surface area contributed by atoms with Crippen LogP contribution in [0, 0.1) is 11.3 Å². The zero-order valence-electron chi connectivity index (χ0n) is 10.1. The summed E-state index contributed by atoms with van der Waals surface area (Å²) in [4.78, 5) is 19.4. The van der Waals surface area contributed by atoms with Gasteiger partial charge in [-0.2, -0.15) is 5.26 Å². The third kappa shape index (κ3) is 2.62. The largest absolute Gasteiger partial charge is 0.352 e. The molecule has 5 nitrogen and oxygen atoms in total. The Kier molecular flexibility index (Phi) is 3.82. The van der Waals surface area contributed by atoms with Gasteiger partial charge in [-0.3, -0.25) is 4.79 Å². The highest BCUT2D eigenvalue weighted by Crippen LogP contribution is 2.21. The molecule has 94 valence electrons. The lowest BCUT2D eigenvalue weighted by Gasteiger charge is -2.35. The van der Waals surface area contributed by atoms with Crippen molar-refractivity contribution in [2.75, 3.05) is 31.1 Å². The average Bonchev–Trinajstić information content (AvgIpc) is 2.38. The molecule has 0 saturated carbocycles. The van der Waals surface area contributed by atoms with Crippen molar-refractivity contribution in [1.29, 1.82) is 5.26 Å². The zero-order valence-corrected chi connectivity index (χ0v) is 11.6. The van der Waals surface area contributed by atoms with Gasteiger partial charge in [-0.05, 0) is 22.0 Å². The molecule has 0 radical (unpaired) electrons. The summed E-state index contributed by atoms with van der Waals surface area (Å²) in [6.45, 7) is 4.36. The molecule has 6 heteroatoms. The molecule has 1 aromatic rings. The number of aromatic nitrogens is 1. The number of pyridine rings is 1. The zero-order chi connectivity index (χ0) is 13.1. The fourth-order valence-electron chi connectivity index (χ4n) is 2.00. The summed E-state index contributed by atoms with van der Waals surface area (Å²) in [5, 5.41) is 9.11.